The van der Waals surface area contributed by atoms with E-state index in [4.69, 9.17) is 4.74 Å². The van der Waals surface area contributed by atoms with Crippen LogP contribution in [-0.2, 0) is 14.3 Å². The first-order valence-electron chi connectivity index (χ1n) is 7.22. The monoisotopic (exact) mass is 313 g/mol. The molecular weight excluding hydrogens is 290 g/mol. The normalized spacial score (nSPS) is 10.4. The van der Waals surface area contributed by atoms with Gasteiger partial charge in [-0.05, 0) is 19.8 Å². The molecular formula is C14H23N3O3S. The lowest BCUT2D eigenvalue weighted by molar-refractivity contribution is -0.134. The second-order valence-corrected chi connectivity index (χ2v) is 5.40. The number of ether oxygens (including phenoxy) is 1. The fraction of sp³-hybridized carbons (Fsp3) is 0.643. The predicted molar refractivity (Wildman–Crippen MR) is 83.3 cm³/mol. The smallest absolute Gasteiger partial charge is 0.245 e. The molecule has 0 atom stereocenters. The molecule has 1 aromatic heterocycles. The number of hydrogen-bond donors (Lipinski definition) is 1. The van der Waals surface area contributed by atoms with Crippen molar-refractivity contribution in [3.05, 3.63) is 11.6 Å². The van der Waals surface area contributed by atoms with Crippen LogP contribution in [0.15, 0.2) is 11.6 Å². The van der Waals surface area contributed by atoms with Gasteiger partial charge >= 0.3 is 0 Å². The lowest BCUT2D eigenvalue weighted by Gasteiger charge is -2.21. The molecule has 2 amide bonds. The van der Waals surface area contributed by atoms with Crippen LogP contribution in [0.2, 0.25) is 0 Å². The van der Waals surface area contributed by atoms with Gasteiger partial charge < -0.3 is 15.0 Å². The number of amides is 2. The number of anilines is 1. The zero-order chi connectivity index (χ0) is 15.5. The number of carbonyl (C=O) groups excluding carboxylic acids is 2. The van der Waals surface area contributed by atoms with Crippen molar-refractivity contribution in [1.29, 1.82) is 0 Å². The minimum absolute atomic E-state index is 0.00304. The number of thiazole rings is 1. The third-order valence-corrected chi connectivity index (χ3v) is 3.44. The van der Waals surface area contributed by atoms with Crippen molar-refractivity contribution in [3.63, 3.8) is 0 Å². The summed E-state index contributed by atoms with van der Waals surface area (Å²) in [6, 6.07) is 0. The van der Waals surface area contributed by atoms with Crippen LogP contribution >= 0.6 is 11.3 Å². The first kappa shape index (κ1) is 17.6. The Balaban J connectivity index is 2.46. The average molecular weight is 313 g/mol. The Morgan fingerprint density at radius 1 is 1.43 bits per heavy atom. The van der Waals surface area contributed by atoms with Gasteiger partial charge in [0.1, 0.15) is 0 Å². The summed E-state index contributed by atoms with van der Waals surface area (Å²) in [6.07, 6.45) is 3.59. The van der Waals surface area contributed by atoms with Crippen LogP contribution < -0.4 is 5.32 Å². The van der Waals surface area contributed by atoms with Gasteiger partial charge in [-0.25, -0.2) is 4.98 Å². The maximum atomic E-state index is 12.0. The van der Waals surface area contributed by atoms with Crippen molar-refractivity contribution in [2.45, 2.75) is 33.1 Å². The molecule has 0 radical (unpaired) electrons. The second kappa shape index (κ2) is 10.3. The van der Waals surface area contributed by atoms with E-state index in [0.29, 0.717) is 31.3 Å². The number of aromatic nitrogens is 1. The Hall–Kier alpha value is -1.47. The van der Waals surface area contributed by atoms with E-state index in [0.717, 1.165) is 12.8 Å². The van der Waals surface area contributed by atoms with Crippen LogP contribution in [0.25, 0.3) is 0 Å². The summed E-state index contributed by atoms with van der Waals surface area (Å²) in [5, 5.41) is 5.04. The largest absolute Gasteiger partial charge is 0.382 e. The Morgan fingerprint density at radius 3 is 2.86 bits per heavy atom. The lowest BCUT2D eigenvalue weighted by Crippen LogP contribution is -2.38. The molecule has 0 aromatic carbocycles. The molecule has 0 saturated heterocycles. The minimum atomic E-state index is -0.217. The lowest BCUT2D eigenvalue weighted by atomic mass is 10.2. The Labute approximate surface area is 129 Å². The fourth-order valence-corrected chi connectivity index (χ4v) is 2.33. The standard InChI is InChI=1S/C14H23N3O3S/c1-3-6-13(19)17(8-5-9-20-4-2)11-12(18)16-14-15-7-10-21-14/h7,10H,3-6,8-9,11H2,1-2H3,(H,15,16,18). The molecule has 0 fully saturated rings. The number of hydrogen-bond acceptors (Lipinski definition) is 5. The first-order chi connectivity index (χ1) is 10.2. The van der Waals surface area contributed by atoms with Gasteiger partial charge in [-0.1, -0.05) is 6.92 Å². The second-order valence-electron chi connectivity index (χ2n) is 4.50. The van der Waals surface area contributed by atoms with E-state index in [2.05, 4.69) is 10.3 Å². The Bertz CT molecular complexity index is 423. The number of rotatable bonds is 10. The predicted octanol–water partition coefficient (Wildman–Crippen LogP) is 2.14. The summed E-state index contributed by atoms with van der Waals surface area (Å²) in [6.45, 7) is 5.73. The molecule has 0 spiro atoms. The third kappa shape index (κ3) is 7.19. The van der Waals surface area contributed by atoms with Gasteiger partial charge in [0.15, 0.2) is 5.13 Å². The molecule has 0 saturated carbocycles. The van der Waals surface area contributed by atoms with E-state index >= 15 is 0 Å². The molecule has 1 heterocycles. The van der Waals surface area contributed by atoms with E-state index < -0.39 is 0 Å². The maximum absolute atomic E-state index is 12.0. The van der Waals surface area contributed by atoms with Crippen LogP contribution in [-0.4, -0.2) is 48.0 Å². The van der Waals surface area contributed by atoms with Crippen molar-refractivity contribution < 1.29 is 14.3 Å². The van der Waals surface area contributed by atoms with Gasteiger partial charge in [0.05, 0.1) is 6.54 Å². The number of nitrogens with zero attached hydrogens (tertiary/aromatic N) is 2. The van der Waals surface area contributed by atoms with Gasteiger partial charge in [0.25, 0.3) is 0 Å². The molecule has 6 nitrogen and oxygen atoms in total. The molecule has 0 unspecified atom stereocenters. The van der Waals surface area contributed by atoms with Gasteiger partial charge in [0, 0.05) is 37.8 Å². The average Bonchev–Trinajstić information content (AvgIpc) is 2.95. The van der Waals surface area contributed by atoms with Gasteiger partial charge in [-0.15, -0.1) is 11.3 Å². The molecule has 0 bridgehead atoms. The fourth-order valence-electron chi connectivity index (χ4n) is 1.78. The van der Waals surface area contributed by atoms with Crippen molar-refractivity contribution in [3.8, 4) is 0 Å². The third-order valence-electron chi connectivity index (χ3n) is 2.75. The van der Waals surface area contributed by atoms with Crippen LogP contribution in [0.5, 0.6) is 0 Å². The van der Waals surface area contributed by atoms with Crippen LogP contribution in [0.1, 0.15) is 33.1 Å². The summed E-state index contributed by atoms with van der Waals surface area (Å²) in [5.74, 6) is -0.214. The van der Waals surface area contributed by atoms with Crippen LogP contribution in [0.4, 0.5) is 5.13 Å². The van der Waals surface area contributed by atoms with Gasteiger partial charge in [-0.3, -0.25) is 9.59 Å². The molecule has 1 aromatic rings. The summed E-state index contributed by atoms with van der Waals surface area (Å²) >= 11 is 1.35. The summed E-state index contributed by atoms with van der Waals surface area (Å²) in [4.78, 5) is 29.6. The zero-order valence-electron chi connectivity index (χ0n) is 12.6. The van der Waals surface area contributed by atoms with E-state index in [1.54, 1.807) is 16.5 Å². The molecule has 1 N–H and O–H groups in total. The minimum Gasteiger partial charge on any atom is -0.382 e. The summed E-state index contributed by atoms with van der Waals surface area (Å²) in [5.41, 5.74) is 0. The van der Waals surface area contributed by atoms with Crippen molar-refractivity contribution in [2.75, 3.05) is 31.6 Å². The van der Waals surface area contributed by atoms with Crippen molar-refractivity contribution in [2.24, 2.45) is 0 Å². The summed E-state index contributed by atoms with van der Waals surface area (Å²) < 4.78 is 5.27. The van der Waals surface area contributed by atoms with Crippen LogP contribution in [0, 0.1) is 0 Å². The summed E-state index contributed by atoms with van der Waals surface area (Å²) in [7, 11) is 0. The molecule has 0 aliphatic heterocycles. The molecule has 118 valence electrons. The quantitative estimate of drug-likeness (QED) is 0.672. The van der Waals surface area contributed by atoms with Crippen LogP contribution in [0.3, 0.4) is 0 Å². The highest BCUT2D eigenvalue weighted by atomic mass is 32.1. The maximum Gasteiger partial charge on any atom is 0.245 e. The first-order valence-corrected chi connectivity index (χ1v) is 8.10. The van der Waals surface area contributed by atoms with E-state index in [1.165, 1.54) is 11.3 Å². The topological polar surface area (TPSA) is 71.5 Å². The molecule has 0 aliphatic carbocycles. The van der Waals surface area contributed by atoms with Crippen molar-refractivity contribution >= 4 is 28.3 Å². The van der Waals surface area contributed by atoms with Gasteiger partial charge in [-0.2, -0.15) is 0 Å². The Kier molecular flexibility index (Phi) is 8.61. The van der Waals surface area contributed by atoms with E-state index in [9.17, 15) is 9.59 Å². The van der Waals surface area contributed by atoms with E-state index in [-0.39, 0.29) is 18.4 Å². The Morgan fingerprint density at radius 2 is 2.24 bits per heavy atom. The highest BCUT2D eigenvalue weighted by molar-refractivity contribution is 7.13. The molecule has 21 heavy (non-hydrogen) atoms. The van der Waals surface area contributed by atoms with E-state index in [1.807, 2.05) is 13.8 Å². The SMILES string of the molecule is CCCC(=O)N(CCCOCC)CC(=O)Nc1nccs1. The molecule has 7 heteroatoms. The molecule has 1 rings (SSSR count). The number of carbonyl (C=O) groups is 2. The zero-order valence-corrected chi connectivity index (χ0v) is 13.4. The molecule has 0 aliphatic rings. The number of nitrogens with one attached hydrogen (secondary N) is 1. The van der Waals surface area contributed by atoms with Gasteiger partial charge in [0.2, 0.25) is 11.8 Å². The highest BCUT2D eigenvalue weighted by Crippen LogP contribution is 2.10. The highest BCUT2D eigenvalue weighted by Gasteiger charge is 2.16. The van der Waals surface area contributed by atoms with Crippen molar-refractivity contribution in [1.82, 2.24) is 9.88 Å².